The van der Waals surface area contributed by atoms with Crippen molar-refractivity contribution in [1.82, 2.24) is 0 Å². The van der Waals surface area contributed by atoms with Crippen LogP contribution in [0.4, 0.5) is 0 Å². The topological polar surface area (TPSA) is 85.5 Å². The molecule has 0 saturated carbocycles. The molecule has 0 aromatic heterocycles. The summed E-state index contributed by atoms with van der Waals surface area (Å²) in [6.45, 7) is 0. The van der Waals surface area contributed by atoms with Gasteiger partial charge in [0.05, 0.1) is 0 Å². The Morgan fingerprint density at radius 1 is 0.429 bits per heavy atom. The third-order valence-corrected chi connectivity index (χ3v) is 0. The van der Waals surface area contributed by atoms with E-state index in [1.165, 1.54) is 0 Å². The molecule has 0 heterocycles. The monoisotopic (exact) mass is 150 g/mol. The second-order valence-corrected chi connectivity index (χ2v) is 0. The Labute approximate surface area is 108 Å². The van der Waals surface area contributed by atoms with Crippen molar-refractivity contribution in [1.29, 1.82) is 0 Å². The van der Waals surface area contributed by atoms with Crippen molar-refractivity contribution in [2.24, 2.45) is 0 Å². The molecule has 3 nitrogen and oxygen atoms in total. The molecule has 0 aliphatic carbocycles. The van der Waals surface area contributed by atoms with Crippen LogP contribution in [0.3, 0.4) is 0 Å². The molecule has 0 radical (unpaired) electrons. The van der Waals surface area contributed by atoms with Gasteiger partial charge in [-0.1, -0.05) is 0 Å². The minimum atomic E-state index is 0. The average Bonchev–Trinajstić information content (AvgIpc) is 0. The number of hydrogen-bond donors (Lipinski definition) is 0. The van der Waals surface area contributed by atoms with E-state index in [-0.39, 0.29) is 110 Å². The van der Waals surface area contributed by atoms with Crippen LogP contribution < -0.4 is 0 Å². The maximum absolute atomic E-state index is 0. The fraction of sp³-hybridized carbons (Fsp3) is 0. The van der Waals surface area contributed by atoms with Crippen molar-refractivity contribution in [2.75, 3.05) is 0 Å². The molecule has 0 rings (SSSR count). The van der Waals surface area contributed by atoms with Crippen LogP contribution in [0.2, 0.25) is 0 Å². The van der Waals surface area contributed by atoms with E-state index in [1.807, 2.05) is 0 Å². The Hall–Kier alpha value is 2.94. The molecule has 0 fully saturated rings. The van der Waals surface area contributed by atoms with Gasteiger partial charge in [0.25, 0.3) is 0 Å². The second kappa shape index (κ2) is 65.1. The van der Waals surface area contributed by atoms with Gasteiger partial charge in [0.15, 0.2) is 0 Å². The fourth-order valence-electron chi connectivity index (χ4n) is 0. The van der Waals surface area contributed by atoms with Crippen molar-refractivity contribution < 1.29 is 16.4 Å². The zero-order valence-corrected chi connectivity index (χ0v) is 4.69. The van der Waals surface area contributed by atoms with E-state index in [4.69, 9.17) is 0 Å². The summed E-state index contributed by atoms with van der Waals surface area (Å²) in [5, 5.41) is 0. The second-order valence-electron chi connectivity index (χ2n) is 0. The van der Waals surface area contributed by atoms with Crippen LogP contribution in [0.25, 0.3) is 0 Å². The first-order chi connectivity index (χ1) is 0. The molecule has 0 unspecified atom stereocenters. The molecular weight excluding hydrogens is 148 g/mol. The van der Waals surface area contributed by atoms with Gasteiger partial charge in [-0.3, -0.25) is 0 Å². The summed E-state index contributed by atoms with van der Waals surface area (Å²) in [7, 11) is 0. The molecule has 0 bridgehead atoms. The molecule has 0 aliphatic rings. The van der Waals surface area contributed by atoms with E-state index in [0.717, 1.165) is 0 Å². The van der Waals surface area contributed by atoms with Crippen LogP contribution >= 0.6 is 0 Å². The largest absolute Gasteiger partial charge is 2.00 e. The minimum absolute atomic E-state index is 0. The molecule has 7 heavy (non-hydrogen) atoms. The van der Waals surface area contributed by atoms with E-state index in [0.29, 0.717) is 0 Å². The predicted octanol–water partition coefficient (Wildman–Crippen LogP) is -2.42. The summed E-state index contributed by atoms with van der Waals surface area (Å²) < 4.78 is 0. The first-order valence-corrected chi connectivity index (χ1v) is 0. The van der Waals surface area contributed by atoms with E-state index in [1.54, 1.807) is 0 Å². The van der Waals surface area contributed by atoms with Gasteiger partial charge in [0, 0.05) is 0 Å². The van der Waals surface area contributed by atoms with Crippen LogP contribution in [0.15, 0.2) is 0 Å². The van der Waals surface area contributed by atoms with E-state index in [2.05, 4.69) is 0 Å². The van der Waals surface area contributed by atoms with Crippen molar-refractivity contribution in [3.8, 4) is 0 Å². The fourth-order valence-corrected chi connectivity index (χ4v) is 0. The molecule has 7 heteroatoms. The van der Waals surface area contributed by atoms with E-state index >= 15 is 0 Å². The Bertz CT molecular complexity index is 10.9. The van der Waals surface area contributed by atoms with Gasteiger partial charge in [0.1, 0.15) is 0 Å². The van der Waals surface area contributed by atoms with E-state index in [9.17, 15) is 0 Å². The number of hydrogen-bond acceptors (Lipinski definition) is 0. The van der Waals surface area contributed by atoms with Crippen molar-refractivity contribution in [3.63, 3.8) is 0 Å². The van der Waals surface area contributed by atoms with Gasteiger partial charge < -0.3 is 16.4 Å². The summed E-state index contributed by atoms with van der Waals surface area (Å²) in [5.74, 6) is 0. The van der Waals surface area contributed by atoms with Crippen LogP contribution in [-0.4, -0.2) is 93.8 Å². The maximum Gasteiger partial charge on any atom is -2.00 e. The summed E-state index contributed by atoms with van der Waals surface area (Å²) in [5.41, 5.74) is 0. The average molecular weight is 150 g/mol. The van der Waals surface area contributed by atoms with E-state index < -0.39 is 0 Å². The normalized spacial score (nSPS) is 0. The predicted molar refractivity (Wildman–Crippen MR) is 27.9 cm³/mol. The molecule has 0 atom stereocenters. The SMILES string of the molecule is [Al+3].[Al+3].[NaH].[NaH].[O-2].[O-2].[O-2]. The molecule has 0 aromatic rings. The summed E-state index contributed by atoms with van der Waals surface area (Å²) in [4.78, 5) is 0. The number of rotatable bonds is 0. The zero-order valence-electron chi connectivity index (χ0n) is 2.38. The molecular formula is H2Al2Na2O3. The molecule has 0 N–H and O–H groups in total. The van der Waals surface area contributed by atoms with Gasteiger partial charge in [-0.05, 0) is 0 Å². The molecule has 0 amide bonds. The molecule has 0 spiro atoms. The van der Waals surface area contributed by atoms with Crippen molar-refractivity contribution >= 4 is 93.8 Å². The molecule has 28 valence electrons. The van der Waals surface area contributed by atoms with Crippen LogP contribution in [0.1, 0.15) is 0 Å². The van der Waals surface area contributed by atoms with Gasteiger partial charge in [-0.25, -0.2) is 0 Å². The Kier molecular flexibility index (Phi) is 853. The first kappa shape index (κ1) is 91.7. The first-order valence-electron chi connectivity index (χ1n) is 0. The molecule has 0 aliphatic heterocycles. The molecule has 0 aromatic carbocycles. The summed E-state index contributed by atoms with van der Waals surface area (Å²) in [6.07, 6.45) is 0. The maximum atomic E-state index is 0. The van der Waals surface area contributed by atoms with Crippen LogP contribution in [0, 0.1) is 0 Å². The quantitative estimate of drug-likeness (QED) is 0.344. The smallest absolute Gasteiger partial charge is 2.00 e. The standard InChI is InChI=1S/2Al.2Na.3O.2H/q2*+3;;;3*-2;;. The minimum Gasteiger partial charge on any atom is -2.00 e. The Morgan fingerprint density at radius 2 is 0.429 bits per heavy atom. The summed E-state index contributed by atoms with van der Waals surface area (Å²) >= 11 is 0. The zero-order chi connectivity index (χ0) is 0. The molecule has 0 saturated heterocycles. The van der Waals surface area contributed by atoms with Crippen LogP contribution in [0.5, 0.6) is 0 Å². The van der Waals surface area contributed by atoms with Crippen molar-refractivity contribution in [2.45, 2.75) is 0 Å². The Balaban J connectivity index is 0. The third kappa shape index (κ3) is 49.7. The van der Waals surface area contributed by atoms with Gasteiger partial charge in [-0.2, -0.15) is 0 Å². The summed E-state index contributed by atoms with van der Waals surface area (Å²) in [6, 6.07) is 0. The van der Waals surface area contributed by atoms with Crippen LogP contribution in [-0.2, 0) is 16.4 Å². The van der Waals surface area contributed by atoms with Crippen molar-refractivity contribution in [3.05, 3.63) is 0 Å². The van der Waals surface area contributed by atoms with Gasteiger partial charge in [0.2, 0.25) is 0 Å². The Morgan fingerprint density at radius 3 is 0.429 bits per heavy atom. The third-order valence-electron chi connectivity index (χ3n) is 0. The van der Waals surface area contributed by atoms with Gasteiger partial charge in [-0.15, -0.1) is 0 Å². The van der Waals surface area contributed by atoms with Gasteiger partial charge >= 0.3 is 93.8 Å².